The molecule has 3 unspecified atom stereocenters. The van der Waals surface area contributed by atoms with E-state index in [4.69, 9.17) is 14.0 Å². The second kappa shape index (κ2) is 12.2. The molecule has 15 heteroatoms. The largest absolute Gasteiger partial charge is 0.575 e. The predicted octanol–water partition coefficient (Wildman–Crippen LogP) is 2.68. The lowest BCUT2D eigenvalue weighted by Gasteiger charge is -2.28. The maximum Gasteiger partial charge on any atom is 0.395 e. The van der Waals surface area contributed by atoms with Crippen LogP contribution in [-0.4, -0.2) is 81.3 Å². The number of aromatic nitrogens is 4. The highest BCUT2D eigenvalue weighted by Gasteiger charge is 2.55. The Morgan fingerprint density at radius 1 is 1.27 bits per heavy atom. The first-order chi connectivity index (χ1) is 19.7. The number of carbonyl (C=O) groups is 1. The first-order valence-corrected chi connectivity index (χ1v) is 14.4. The molecule has 13 nitrogen and oxygen atoms in total. The summed E-state index contributed by atoms with van der Waals surface area (Å²) in [7, 11) is -1.42. The first-order valence-electron chi connectivity index (χ1n) is 13.3. The fourth-order valence-corrected chi connectivity index (χ4v) is 5.73. The number of benzene rings is 1. The number of anilines is 1. The van der Waals surface area contributed by atoms with E-state index in [-0.39, 0.29) is 18.1 Å². The molecule has 2 aliphatic rings. The molecule has 6 atom stereocenters. The van der Waals surface area contributed by atoms with Crippen LogP contribution in [0.25, 0.3) is 11.2 Å². The van der Waals surface area contributed by atoms with Gasteiger partial charge in [0.15, 0.2) is 40.7 Å². The van der Waals surface area contributed by atoms with Crippen molar-refractivity contribution in [2.75, 3.05) is 31.7 Å². The summed E-state index contributed by atoms with van der Waals surface area (Å²) in [4.78, 5) is 39.3. The number of hydrogen-bond donors (Lipinski definition) is 1. The first kappa shape index (κ1) is 29.1. The smallest absolute Gasteiger partial charge is 0.395 e. The number of halogens is 1. The molecule has 4 heterocycles. The lowest BCUT2D eigenvalue weighted by atomic mass is 9.98. The Kier molecular flexibility index (Phi) is 8.64. The molecule has 41 heavy (non-hydrogen) atoms. The van der Waals surface area contributed by atoms with Gasteiger partial charge in [-0.25, -0.2) is 24.1 Å². The Balaban J connectivity index is 1.31. The third-order valence-corrected chi connectivity index (χ3v) is 8.09. The van der Waals surface area contributed by atoms with Gasteiger partial charge in [-0.15, -0.1) is 0 Å². The third kappa shape index (κ3) is 5.96. The summed E-state index contributed by atoms with van der Waals surface area (Å²) in [6.07, 6.45) is 2.29. The molecule has 1 N–H and O–H groups in total. The van der Waals surface area contributed by atoms with Crippen LogP contribution in [0.4, 0.5) is 10.2 Å². The quantitative estimate of drug-likeness (QED) is 0.289. The van der Waals surface area contributed by atoms with E-state index in [2.05, 4.69) is 29.3 Å². The van der Waals surface area contributed by atoms with E-state index < -0.39 is 44.3 Å². The number of carbonyl (C=O) groups excluding carboxylic acids is 1. The van der Waals surface area contributed by atoms with Crippen LogP contribution in [0.2, 0.25) is 0 Å². The van der Waals surface area contributed by atoms with E-state index in [1.807, 2.05) is 0 Å². The van der Waals surface area contributed by atoms with Crippen molar-refractivity contribution in [2.24, 2.45) is 4.74 Å². The van der Waals surface area contributed by atoms with Crippen LogP contribution < -0.4 is 19.1 Å². The Morgan fingerprint density at radius 2 is 2.00 bits per heavy atom. The molecule has 0 spiro atoms. The Morgan fingerprint density at radius 3 is 2.73 bits per heavy atom. The second-order valence-electron chi connectivity index (χ2n) is 10.1. The summed E-state index contributed by atoms with van der Waals surface area (Å²) in [6.45, 7) is 4.15. The number of rotatable bonds is 9. The van der Waals surface area contributed by atoms with Crippen molar-refractivity contribution in [1.82, 2.24) is 19.5 Å². The van der Waals surface area contributed by atoms with Gasteiger partial charge in [-0.2, -0.15) is 0 Å². The van der Waals surface area contributed by atoms with Crippen LogP contribution >= 0.6 is 8.17 Å². The Bertz CT molecular complexity index is 1420. The molecule has 2 saturated heterocycles. The zero-order chi connectivity index (χ0) is 29.1. The maximum absolute atomic E-state index is 16.0. The average Bonchev–Trinajstić information content (AvgIpc) is 3.50. The van der Waals surface area contributed by atoms with Crippen molar-refractivity contribution < 1.29 is 37.9 Å². The van der Waals surface area contributed by atoms with E-state index in [1.165, 1.54) is 44.2 Å². The number of para-hydroxylation sites is 2. The van der Waals surface area contributed by atoms with Crippen LogP contribution in [0, 0.1) is 0 Å². The number of nitrogens with zero attached hydrogens (tertiary/aromatic N) is 6. The molecule has 0 saturated carbocycles. The monoisotopic (exact) mass is 590 g/mol. The lowest BCUT2D eigenvalue weighted by molar-refractivity contribution is -0.169. The number of piperidine rings is 1. The van der Waals surface area contributed by atoms with Gasteiger partial charge in [-0.05, 0) is 45.2 Å². The molecule has 5 rings (SSSR count). The Labute approximate surface area is 236 Å². The van der Waals surface area contributed by atoms with Crippen LogP contribution in [0.3, 0.4) is 0 Å². The van der Waals surface area contributed by atoms with Crippen LogP contribution in [0.15, 0.2) is 41.7 Å². The summed E-state index contributed by atoms with van der Waals surface area (Å²) < 4.78 is 43.0. The Hall–Kier alpha value is -3.45. The van der Waals surface area contributed by atoms with Gasteiger partial charge in [0.05, 0.1) is 13.4 Å². The lowest BCUT2D eigenvalue weighted by Crippen LogP contribution is -2.41. The summed E-state index contributed by atoms with van der Waals surface area (Å²) >= 11 is 0. The maximum atomic E-state index is 16.0. The molecular formula is C26H32FN6O7P. The van der Waals surface area contributed by atoms with E-state index in [1.54, 1.807) is 18.2 Å². The van der Waals surface area contributed by atoms with Gasteiger partial charge in [0.2, 0.25) is 5.75 Å². The van der Waals surface area contributed by atoms with Gasteiger partial charge < -0.3 is 29.1 Å². The molecule has 2 fully saturated rings. The highest BCUT2D eigenvalue weighted by molar-refractivity contribution is 7.34. The number of fused-ring (bicyclic) bond motifs is 1. The van der Waals surface area contributed by atoms with Crippen molar-refractivity contribution >= 4 is 31.1 Å². The summed E-state index contributed by atoms with van der Waals surface area (Å²) in [5, 5.41) is 10.9. The van der Waals surface area contributed by atoms with Gasteiger partial charge in [0, 0.05) is 13.1 Å². The second-order valence-corrected chi connectivity index (χ2v) is 11.0. The number of alkyl halides is 1. The SMILES string of the molecule is COC(=O)C(C)N=[P+]([O-])Oc1ccccc1OC[C@H]1OC(n2cnc3c(N4CCCCC4)ncnc32)[C@](C)(F)[C@@H]1O. The van der Waals surface area contributed by atoms with E-state index in [9.17, 15) is 14.8 Å². The highest BCUT2D eigenvalue weighted by Crippen LogP contribution is 2.43. The highest BCUT2D eigenvalue weighted by atomic mass is 31.1. The minimum absolute atomic E-state index is 0.0871. The van der Waals surface area contributed by atoms with Crippen LogP contribution in [0.1, 0.15) is 39.3 Å². The van der Waals surface area contributed by atoms with Gasteiger partial charge in [0.25, 0.3) is 0 Å². The van der Waals surface area contributed by atoms with Gasteiger partial charge in [0.1, 0.15) is 25.1 Å². The number of aliphatic hydroxyl groups is 1. The molecule has 1 aromatic carbocycles. The third-order valence-electron chi connectivity index (χ3n) is 7.20. The predicted molar refractivity (Wildman–Crippen MR) is 144 cm³/mol. The molecule has 2 aromatic heterocycles. The van der Waals surface area contributed by atoms with Crippen molar-refractivity contribution in [3.8, 4) is 11.5 Å². The number of aliphatic hydroxyl groups excluding tert-OH is 1. The minimum Gasteiger partial charge on any atom is -0.575 e. The standard InChI is InChI=1S/C26H32FN6O7P/c1-16(24(35)37-3)31-41(36)40-18-10-6-5-9-17(18)38-13-19-21(34)26(2,27)25(39-19)33-15-30-20-22(28-14-29-23(20)33)32-11-7-4-8-12-32/h5-6,9-10,14-16,19,21,25,34H,4,7-8,11-13H2,1-3H3/t16?,19-,21-,25?,26-/m1/s1. The number of imidazole rings is 1. The molecule has 0 radical (unpaired) electrons. The van der Waals surface area contributed by atoms with Gasteiger partial charge in [-0.1, -0.05) is 16.9 Å². The van der Waals surface area contributed by atoms with Crippen molar-refractivity contribution in [1.29, 1.82) is 0 Å². The van der Waals surface area contributed by atoms with E-state index in [0.29, 0.717) is 17.0 Å². The fourth-order valence-electron chi connectivity index (χ4n) is 4.98. The fraction of sp³-hybridized carbons (Fsp3) is 0.538. The zero-order valence-electron chi connectivity index (χ0n) is 22.9. The van der Waals surface area contributed by atoms with Gasteiger partial charge in [-0.3, -0.25) is 9.09 Å². The zero-order valence-corrected chi connectivity index (χ0v) is 23.8. The van der Waals surface area contributed by atoms with E-state index in [0.717, 1.165) is 32.4 Å². The molecular weight excluding hydrogens is 558 g/mol. The number of methoxy groups -OCH3 is 1. The van der Waals surface area contributed by atoms with Crippen LogP contribution in [0.5, 0.6) is 11.5 Å². The average molecular weight is 591 g/mol. The van der Waals surface area contributed by atoms with Crippen molar-refractivity contribution in [2.45, 2.75) is 63.3 Å². The summed E-state index contributed by atoms with van der Waals surface area (Å²) in [6, 6.07) is 5.37. The number of ether oxygens (including phenoxy) is 3. The normalized spacial score (nSPS) is 25.8. The molecule has 0 amide bonds. The topological polar surface area (TPSA) is 156 Å². The van der Waals surface area contributed by atoms with E-state index >= 15 is 4.39 Å². The number of esters is 1. The molecule has 220 valence electrons. The molecule has 0 aliphatic carbocycles. The minimum atomic E-state index is -2.63. The molecule has 2 aliphatic heterocycles. The summed E-state index contributed by atoms with van der Waals surface area (Å²) in [5.74, 6) is 0.292. The van der Waals surface area contributed by atoms with Crippen molar-refractivity contribution in [3.63, 3.8) is 0 Å². The summed E-state index contributed by atoms with van der Waals surface area (Å²) in [5.41, 5.74) is -1.27. The molecule has 3 aromatic rings. The van der Waals surface area contributed by atoms with Gasteiger partial charge >= 0.3 is 14.1 Å². The van der Waals surface area contributed by atoms with Crippen molar-refractivity contribution in [3.05, 3.63) is 36.9 Å². The number of hydrogen-bond acceptors (Lipinski definition) is 12. The molecule has 0 bridgehead atoms. The van der Waals surface area contributed by atoms with Crippen LogP contribution in [-0.2, 0) is 14.3 Å².